The zero-order valence-corrected chi connectivity index (χ0v) is 12.7. The number of fused-ring (bicyclic) bond motifs is 1. The molecule has 3 nitrogen and oxygen atoms in total. The molecule has 23 heavy (non-hydrogen) atoms. The minimum Gasteiger partial charge on any atom is -0.254 e. The summed E-state index contributed by atoms with van der Waals surface area (Å²) in [5.74, 6) is 0. The average molecular weight is 296 g/mol. The summed E-state index contributed by atoms with van der Waals surface area (Å²) in [6.07, 6.45) is 4.85. The van der Waals surface area contributed by atoms with Gasteiger partial charge in [-0.3, -0.25) is 4.98 Å². The third kappa shape index (κ3) is 2.46. The zero-order valence-electron chi connectivity index (χ0n) is 12.7. The summed E-state index contributed by atoms with van der Waals surface area (Å²) in [5.41, 5.74) is 6.43. The first-order valence-corrected chi connectivity index (χ1v) is 7.49. The molecule has 4 aromatic rings. The van der Waals surface area contributed by atoms with Crippen LogP contribution in [0, 0.1) is 13.1 Å². The van der Waals surface area contributed by atoms with Crippen molar-refractivity contribution in [2.75, 3.05) is 0 Å². The molecule has 0 aliphatic heterocycles. The van der Waals surface area contributed by atoms with Crippen molar-refractivity contribution >= 4 is 11.0 Å². The van der Waals surface area contributed by atoms with E-state index in [1.807, 2.05) is 55.5 Å². The van der Waals surface area contributed by atoms with Gasteiger partial charge in [0.15, 0.2) is 0 Å². The number of pyridine rings is 1. The normalized spacial score (nSPS) is 10.8. The molecule has 0 aliphatic rings. The summed E-state index contributed by atoms with van der Waals surface area (Å²) >= 11 is 0. The van der Waals surface area contributed by atoms with Crippen LogP contribution in [0.3, 0.4) is 0 Å². The molecule has 0 bridgehead atoms. The van der Waals surface area contributed by atoms with Gasteiger partial charge >= 0.3 is 0 Å². The highest BCUT2D eigenvalue weighted by atomic mass is 14.8. The smallest absolute Gasteiger partial charge is 0.118 e. The van der Waals surface area contributed by atoms with Crippen LogP contribution in [0.15, 0.2) is 66.9 Å². The molecule has 3 heteroatoms. The second-order valence-corrected chi connectivity index (χ2v) is 5.38. The van der Waals surface area contributed by atoms with Crippen LogP contribution in [0.2, 0.25) is 0 Å². The first-order chi connectivity index (χ1) is 11.3. The van der Waals surface area contributed by atoms with E-state index < -0.39 is 0 Å². The molecule has 0 unspecified atom stereocenters. The Bertz CT molecular complexity index is 964. The molecule has 2 aromatic carbocycles. The predicted molar refractivity (Wildman–Crippen MR) is 91.8 cm³/mol. The fraction of sp³-hybridized carbons (Fsp3) is 0.0500. The number of hydrogen-bond acceptors (Lipinski definition) is 3. The summed E-state index contributed by atoms with van der Waals surface area (Å²) in [4.78, 5) is 13.8. The van der Waals surface area contributed by atoms with Gasteiger partial charge in [-0.15, -0.1) is 0 Å². The molecule has 4 rings (SSSR count). The number of benzene rings is 2. The maximum atomic E-state index is 4.66. The molecule has 0 atom stereocenters. The lowest BCUT2D eigenvalue weighted by atomic mass is 10.1. The fourth-order valence-corrected chi connectivity index (χ4v) is 2.68. The van der Waals surface area contributed by atoms with Gasteiger partial charge in [0.2, 0.25) is 0 Å². The Morgan fingerprint density at radius 1 is 0.826 bits per heavy atom. The molecule has 0 spiro atoms. The molecule has 0 amide bonds. The van der Waals surface area contributed by atoms with Gasteiger partial charge in [0, 0.05) is 16.7 Å². The number of nitrogens with zero attached hydrogens (tertiary/aromatic N) is 3. The van der Waals surface area contributed by atoms with E-state index in [1.165, 1.54) is 0 Å². The monoisotopic (exact) mass is 296 g/mol. The van der Waals surface area contributed by atoms with Crippen LogP contribution in [-0.2, 0) is 0 Å². The lowest BCUT2D eigenvalue weighted by Crippen LogP contribution is -1.96. The summed E-state index contributed by atoms with van der Waals surface area (Å²) in [7, 11) is 0. The van der Waals surface area contributed by atoms with Crippen molar-refractivity contribution in [3.8, 4) is 22.5 Å². The Morgan fingerprint density at radius 2 is 1.48 bits per heavy atom. The summed E-state index contributed by atoms with van der Waals surface area (Å²) in [6.45, 7) is 2.03. The van der Waals surface area contributed by atoms with Crippen molar-refractivity contribution in [2.45, 2.75) is 6.92 Å². The van der Waals surface area contributed by atoms with Crippen molar-refractivity contribution in [2.24, 2.45) is 0 Å². The van der Waals surface area contributed by atoms with Crippen molar-refractivity contribution in [3.63, 3.8) is 0 Å². The summed E-state index contributed by atoms with van der Waals surface area (Å²) < 4.78 is 0. The van der Waals surface area contributed by atoms with Crippen molar-refractivity contribution in [3.05, 3.63) is 78.6 Å². The lowest BCUT2D eigenvalue weighted by molar-refractivity contribution is 1.21. The van der Waals surface area contributed by atoms with E-state index in [4.69, 9.17) is 0 Å². The molecule has 0 aliphatic carbocycles. The maximum absolute atomic E-state index is 4.66. The van der Waals surface area contributed by atoms with Crippen molar-refractivity contribution < 1.29 is 0 Å². The van der Waals surface area contributed by atoms with Crippen molar-refractivity contribution in [1.82, 2.24) is 15.0 Å². The molecular formula is C20H14N3. The number of aromatic nitrogens is 3. The van der Waals surface area contributed by atoms with Crippen LogP contribution in [0.25, 0.3) is 33.5 Å². The Hall–Kier alpha value is -3.07. The lowest BCUT2D eigenvalue weighted by Gasteiger charge is -2.08. The van der Waals surface area contributed by atoms with Gasteiger partial charge in [-0.05, 0) is 6.92 Å². The van der Waals surface area contributed by atoms with E-state index in [0.29, 0.717) is 0 Å². The van der Waals surface area contributed by atoms with Crippen molar-refractivity contribution in [1.29, 1.82) is 0 Å². The standard InChI is InChI=1S/C20H14N3/c1-14-19(16-10-6-3-7-11-16)21-13-18-20(14)22-12-17(23-18)15-8-4-2-5-9-15/h2-11,13H,1H3. The Morgan fingerprint density at radius 3 is 2.17 bits per heavy atom. The molecule has 1 radical (unpaired) electrons. The molecule has 0 N–H and O–H groups in total. The van der Waals surface area contributed by atoms with Gasteiger partial charge in [-0.2, -0.15) is 0 Å². The Balaban J connectivity index is 1.86. The van der Waals surface area contributed by atoms with E-state index >= 15 is 0 Å². The van der Waals surface area contributed by atoms with Gasteiger partial charge in [-0.1, -0.05) is 60.7 Å². The van der Waals surface area contributed by atoms with E-state index in [2.05, 4.69) is 33.3 Å². The Kier molecular flexibility index (Phi) is 3.31. The van der Waals surface area contributed by atoms with Gasteiger partial charge in [-0.25, -0.2) is 9.97 Å². The zero-order chi connectivity index (χ0) is 15.6. The predicted octanol–water partition coefficient (Wildman–Crippen LogP) is 4.47. The highest BCUT2D eigenvalue weighted by molar-refractivity contribution is 5.84. The van der Waals surface area contributed by atoms with E-state index in [1.54, 1.807) is 6.20 Å². The molecule has 0 saturated carbocycles. The number of hydrogen-bond donors (Lipinski definition) is 0. The first kappa shape index (κ1) is 13.6. The third-order valence-electron chi connectivity index (χ3n) is 3.87. The van der Waals surface area contributed by atoms with Crippen LogP contribution in [-0.4, -0.2) is 15.0 Å². The second kappa shape index (κ2) is 5.61. The molecule has 109 valence electrons. The average Bonchev–Trinajstić information content (AvgIpc) is 2.63. The quantitative estimate of drug-likeness (QED) is 0.548. The van der Waals surface area contributed by atoms with Crippen LogP contribution in [0.4, 0.5) is 0 Å². The summed E-state index contributed by atoms with van der Waals surface area (Å²) in [5, 5.41) is 0. The van der Waals surface area contributed by atoms with Crippen LogP contribution >= 0.6 is 0 Å². The molecular weight excluding hydrogens is 282 g/mol. The third-order valence-corrected chi connectivity index (χ3v) is 3.87. The van der Waals surface area contributed by atoms with E-state index in [-0.39, 0.29) is 0 Å². The van der Waals surface area contributed by atoms with Gasteiger partial charge in [0.1, 0.15) is 11.7 Å². The van der Waals surface area contributed by atoms with Gasteiger partial charge < -0.3 is 0 Å². The minimum absolute atomic E-state index is 0.742. The highest BCUT2D eigenvalue weighted by Gasteiger charge is 2.10. The fourth-order valence-electron chi connectivity index (χ4n) is 2.68. The summed E-state index contributed by atoms with van der Waals surface area (Å²) in [6, 6.07) is 20.1. The Labute approximate surface area is 134 Å². The van der Waals surface area contributed by atoms with Gasteiger partial charge in [0.25, 0.3) is 0 Å². The SMILES string of the molecule is Cc1c(-c2ccccc2)ncc2nc(-c3ccccc3)[c]nc12. The molecule has 2 heterocycles. The molecule has 0 fully saturated rings. The van der Waals surface area contributed by atoms with Crippen LogP contribution in [0.5, 0.6) is 0 Å². The second-order valence-electron chi connectivity index (χ2n) is 5.38. The van der Waals surface area contributed by atoms with Crippen LogP contribution in [0.1, 0.15) is 5.56 Å². The minimum atomic E-state index is 0.742. The largest absolute Gasteiger partial charge is 0.254 e. The highest BCUT2D eigenvalue weighted by Crippen LogP contribution is 2.26. The van der Waals surface area contributed by atoms with E-state index in [9.17, 15) is 0 Å². The number of rotatable bonds is 2. The molecule has 2 aromatic heterocycles. The first-order valence-electron chi connectivity index (χ1n) is 7.49. The van der Waals surface area contributed by atoms with Gasteiger partial charge in [0.05, 0.1) is 23.1 Å². The van der Waals surface area contributed by atoms with E-state index in [0.717, 1.165) is 39.1 Å². The van der Waals surface area contributed by atoms with Crippen LogP contribution < -0.4 is 0 Å². The molecule has 0 saturated heterocycles. The maximum Gasteiger partial charge on any atom is 0.118 e. The topological polar surface area (TPSA) is 38.7 Å². The number of aryl methyl sites for hydroxylation is 1.